The first kappa shape index (κ1) is 10.4. The van der Waals surface area contributed by atoms with E-state index in [1.54, 1.807) is 0 Å². The van der Waals surface area contributed by atoms with E-state index in [0.717, 1.165) is 12.8 Å². The van der Waals surface area contributed by atoms with Crippen LogP contribution in [-0.2, 0) is 0 Å². The molecule has 0 saturated carbocycles. The van der Waals surface area contributed by atoms with Gasteiger partial charge in [-0.1, -0.05) is 13.3 Å². The van der Waals surface area contributed by atoms with Crippen LogP contribution >= 0.6 is 0 Å². The minimum absolute atomic E-state index is 0.173. The van der Waals surface area contributed by atoms with Crippen LogP contribution in [0.3, 0.4) is 0 Å². The van der Waals surface area contributed by atoms with Crippen molar-refractivity contribution in [3.8, 4) is 6.01 Å². The van der Waals surface area contributed by atoms with Crippen LogP contribution < -0.4 is 10.5 Å². The van der Waals surface area contributed by atoms with E-state index in [4.69, 9.17) is 10.5 Å². The van der Waals surface area contributed by atoms with E-state index >= 15 is 0 Å². The molecular formula is C9H13N3O2. The van der Waals surface area contributed by atoms with Gasteiger partial charge in [-0.05, 0) is 6.42 Å². The van der Waals surface area contributed by atoms with Crippen LogP contribution in [0.15, 0.2) is 6.20 Å². The molecule has 0 aliphatic carbocycles. The zero-order chi connectivity index (χ0) is 10.4. The highest BCUT2D eigenvalue weighted by Gasteiger charge is 2.03. The third kappa shape index (κ3) is 2.69. The van der Waals surface area contributed by atoms with Gasteiger partial charge in [0.2, 0.25) is 0 Å². The quantitative estimate of drug-likeness (QED) is 0.561. The first-order valence-electron chi connectivity index (χ1n) is 4.48. The fourth-order valence-electron chi connectivity index (χ4n) is 0.859. The van der Waals surface area contributed by atoms with Gasteiger partial charge in [0, 0.05) is 0 Å². The molecule has 5 nitrogen and oxygen atoms in total. The molecule has 0 aliphatic heterocycles. The van der Waals surface area contributed by atoms with Crippen molar-refractivity contribution in [2.45, 2.75) is 19.8 Å². The summed E-state index contributed by atoms with van der Waals surface area (Å²) in [5.41, 5.74) is 5.88. The van der Waals surface area contributed by atoms with Crippen LogP contribution in [0, 0.1) is 0 Å². The largest absolute Gasteiger partial charge is 0.463 e. The Balaban J connectivity index is 2.64. The lowest BCUT2D eigenvalue weighted by Crippen LogP contribution is -2.04. The van der Waals surface area contributed by atoms with Gasteiger partial charge >= 0.3 is 6.01 Å². The van der Waals surface area contributed by atoms with Crippen molar-refractivity contribution in [2.24, 2.45) is 0 Å². The Kier molecular flexibility index (Phi) is 3.84. The highest BCUT2D eigenvalue weighted by Crippen LogP contribution is 2.09. The Morgan fingerprint density at radius 3 is 3.07 bits per heavy atom. The average molecular weight is 195 g/mol. The molecule has 5 heteroatoms. The second-order valence-corrected chi connectivity index (χ2v) is 2.81. The van der Waals surface area contributed by atoms with E-state index in [-0.39, 0.29) is 17.4 Å². The van der Waals surface area contributed by atoms with E-state index in [9.17, 15) is 4.79 Å². The van der Waals surface area contributed by atoms with Crippen LogP contribution in [0.4, 0.5) is 5.69 Å². The first-order valence-corrected chi connectivity index (χ1v) is 4.48. The highest BCUT2D eigenvalue weighted by atomic mass is 16.5. The fourth-order valence-corrected chi connectivity index (χ4v) is 0.859. The second kappa shape index (κ2) is 5.16. The lowest BCUT2D eigenvalue weighted by molar-refractivity contribution is 0.111. The summed E-state index contributed by atoms with van der Waals surface area (Å²) in [6, 6.07) is 0.203. The molecule has 0 atom stereocenters. The van der Waals surface area contributed by atoms with Gasteiger partial charge in [-0.2, -0.15) is 4.98 Å². The number of unbranched alkanes of at least 4 members (excludes halogenated alkanes) is 1. The number of nitrogens with two attached hydrogens (primary N) is 1. The number of rotatable bonds is 5. The molecule has 0 bridgehead atoms. The van der Waals surface area contributed by atoms with Crippen LogP contribution in [0.25, 0.3) is 0 Å². The molecule has 0 amide bonds. The summed E-state index contributed by atoms with van der Waals surface area (Å²) in [6.45, 7) is 2.61. The predicted molar refractivity (Wildman–Crippen MR) is 52.2 cm³/mol. The molecule has 0 aromatic carbocycles. The third-order valence-corrected chi connectivity index (χ3v) is 1.67. The number of aldehydes is 1. The summed E-state index contributed by atoms with van der Waals surface area (Å²) in [5.74, 6) is 0. The number of anilines is 1. The number of hydrogen-bond donors (Lipinski definition) is 1. The summed E-state index contributed by atoms with van der Waals surface area (Å²) < 4.78 is 5.21. The highest BCUT2D eigenvalue weighted by molar-refractivity contribution is 5.79. The molecule has 0 radical (unpaired) electrons. The van der Waals surface area contributed by atoms with Crippen LogP contribution in [0.1, 0.15) is 30.3 Å². The normalized spacial score (nSPS) is 9.79. The Bertz CT molecular complexity index is 315. The van der Waals surface area contributed by atoms with Gasteiger partial charge in [-0.3, -0.25) is 4.79 Å². The van der Waals surface area contributed by atoms with Gasteiger partial charge in [-0.15, -0.1) is 0 Å². The van der Waals surface area contributed by atoms with Crippen molar-refractivity contribution in [3.05, 3.63) is 11.9 Å². The summed E-state index contributed by atoms with van der Waals surface area (Å²) in [4.78, 5) is 18.2. The lowest BCUT2D eigenvalue weighted by Gasteiger charge is -2.03. The van der Waals surface area contributed by atoms with Gasteiger partial charge in [0.1, 0.15) is 5.69 Å². The monoisotopic (exact) mass is 195 g/mol. The number of nitrogen functional groups attached to an aromatic ring is 1. The molecule has 0 aliphatic rings. The van der Waals surface area contributed by atoms with Crippen molar-refractivity contribution in [2.75, 3.05) is 12.3 Å². The standard InChI is InChI=1S/C9H13N3O2/c1-2-3-4-14-9-11-5-7(10)8(6-13)12-9/h5-6H,2-4,10H2,1H3. The van der Waals surface area contributed by atoms with Crippen LogP contribution in [0.2, 0.25) is 0 Å². The molecule has 0 spiro atoms. The zero-order valence-electron chi connectivity index (χ0n) is 8.06. The van der Waals surface area contributed by atoms with E-state index < -0.39 is 0 Å². The number of carbonyl (C=O) groups is 1. The minimum Gasteiger partial charge on any atom is -0.463 e. The van der Waals surface area contributed by atoms with E-state index in [1.165, 1.54) is 6.20 Å². The van der Waals surface area contributed by atoms with Gasteiger partial charge in [0.15, 0.2) is 6.29 Å². The molecule has 1 heterocycles. The molecule has 0 fully saturated rings. The van der Waals surface area contributed by atoms with E-state index in [0.29, 0.717) is 12.9 Å². The Hall–Kier alpha value is -1.65. The molecule has 2 N–H and O–H groups in total. The Labute approximate surface area is 82.3 Å². The van der Waals surface area contributed by atoms with Crippen molar-refractivity contribution in [1.29, 1.82) is 0 Å². The summed E-state index contributed by atoms with van der Waals surface area (Å²) in [6.07, 6.45) is 3.93. The van der Waals surface area contributed by atoms with Crippen molar-refractivity contribution >= 4 is 12.0 Å². The van der Waals surface area contributed by atoms with Crippen molar-refractivity contribution in [1.82, 2.24) is 9.97 Å². The van der Waals surface area contributed by atoms with Crippen molar-refractivity contribution in [3.63, 3.8) is 0 Å². The maximum atomic E-state index is 10.5. The predicted octanol–water partition coefficient (Wildman–Crippen LogP) is 1.05. The lowest BCUT2D eigenvalue weighted by atomic mass is 10.4. The van der Waals surface area contributed by atoms with Crippen LogP contribution in [-0.4, -0.2) is 22.9 Å². The minimum atomic E-state index is 0.173. The number of hydrogen-bond acceptors (Lipinski definition) is 5. The average Bonchev–Trinajstić information content (AvgIpc) is 2.21. The molecule has 0 unspecified atom stereocenters. The molecule has 14 heavy (non-hydrogen) atoms. The van der Waals surface area contributed by atoms with Gasteiger partial charge in [0.25, 0.3) is 0 Å². The molecule has 0 saturated heterocycles. The zero-order valence-corrected chi connectivity index (χ0v) is 8.06. The van der Waals surface area contributed by atoms with E-state index in [1.807, 2.05) is 0 Å². The van der Waals surface area contributed by atoms with Gasteiger partial charge in [-0.25, -0.2) is 4.98 Å². The Morgan fingerprint density at radius 1 is 1.64 bits per heavy atom. The number of aromatic nitrogens is 2. The van der Waals surface area contributed by atoms with Crippen molar-refractivity contribution < 1.29 is 9.53 Å². The van der Waals surface area contributed by atoms with Gasteiger partial charge < -0.3 is 10.5 Å². The third-order valence-electron chi connectivity index (χ3n) is 1.67. The molecule has 1 aromatic rings. The molecule has 1 rings (SSSR count). The SMILES string of the molecule is CCCCOc1ncc(N)c(C=O)n1. The summed E-state index contributed by atoms with van der Waals surface area (Å²) in [5, 5.41) is 0. The number of carbonyl (C=O) groups excluding carboxylic acids is 1. The van der Waals surface area contributed by atoms with E-state index in [2.05, 4.69) is 16.9 Å². The maximum Gasteiger partial charge on any atom is 0.317 e. The van der Waals surface area contributed by atoms with Crippen LogP contribution in [0.5, 0.6) is 6.01 Å². The van der Waals surface area contributed by atoms with Gasteiger partial charge in [0.05, 0.1) is 18.5 Å². The molecule has 76 valence electrons. The second-order valence-electron chi connectivity index (χ2n) is 2.81. The first-order chi connectivity index (χ1) is 6.77. The molecule has 1 aromatic heterocycles. The summed E-state index contributed by atoms with van der Waals surface area (Å²) >= 11 is 0. The fraction of sp³-hybridized carbons (Fsp3) is 0.444. The smallest absolute Gasteiger partial charge is 0.317 e. The molecular weight excluding hydrogens is 182 g/mol. The number of nitrogens with zero attached hydrogens (tertiary/aromatic N) is 2. The maximum absolute atomic E-state index is 10.5. The topological polar surface area (TPSA) is 78.1 Å². The Morgan fingerprint density at radius 2 is 2.43 bits per heavy atom. The number of ether oxygens (including phenoxy) is 1. The summed E-state index contributed by atoms with van der Waals surface area (Å²) in [7, 11) is 0.